The highest BCUT2D eigenvalue weighted by Crippen LogP contribution is 2.26. The number of H-pyrrole nitrogens is 1. The molecule has 1 aromatic heterocycles. The van der Waals surface area contributed by atoms with Crippen molar-refractivity contribution < 1.29 is 9.53 Å². The zero-order chi connectivity index (χ0) is 23.2. The Hall–Kier alpha value is -3.39. The lowest BCUT2D eigenvalue weighted by atomic mass is 10.0. The lowest BCUT2D eigenvalue weighted by Crippen LogP contribution is -2.44. The molecule has 1 aliphatic rings. The number of ether oxygens (including phenoxy) is 1. The van der Waals surface area contributed by atoms with Gasteiger partial charge in [-0.1, -0.05) is 30.7 Å². The number of hydrogen-bond acceptors (Lipinski definition) is 5. The summed E-state index contributed by atoms with van der Waals surface area (Å²) < 4.78 is 5.29. The molecule has 0 saturated carbocycles. The fraction of sp³-hybridized carbons (Fsp3) is 0.400. The van der Waals surface area contributed by atoms with E-state index in [1.165, 1.54) is 24.2 Å². The molecule has 0 spiro atoms. The van der Waals surface area contributed by atoms with Crippen LogP contribution in [-0.4, -0.2) is 59.6 Å². The van der Waals surface area contributed by atoms with Gasteiger partial charge in [-0.05, 0) is 55.8 Å². The van der Waals surface area contributed by atoms with Crippen LogP contribution < -0.4 is 15.6 Å². The summed E-state index contributed by atoms with van der Waals surface area (Å²) in [7, 11) is 3.36. The van der Waals surface area contributed by atoms with Crippen LogP contribution in [0.2, 0.25) is 0 Å². The lowest BCUT2D eigenvalue weighted by Gasteiger charge is -2.35. The topological polar surface area (TPSA) is 90.6 Å². The van der Waals surface area contributed by atoms with Gasteiger partial charge in [-0.2, -0.15) is 0 Å². The molecule has 33 heavy (non-hydrogen) atoms. The van der Waals surface area contributed by atoms with Crippen molar-refractivity contribution in [3.05, 3.63) is 70.3 Å². The Morgan fingerprint density at radius 2 is 1.88 bits per heavy atom. The quantitative estimate of drug-likeness (QED) is 0.578. The third-order valence-electron chi connectivity index (χ3n) is 6.17. The van der Waals surface area contributed by atoms with Crippen LogP contribution in [0.3, 0.4) is 0 Å². The Morgan fingerprint density at radius 1 is 1.15 bits per heavy atom. The number of likely N-dealkylation sites (tertiary alicyclic amines) is 1. The Kier molecular flexibility index (Phi) is 7.24. The van der Waals surface area contributed by atoms with E-state index in [4.69, 9.17) is 4.74 Å². The number of benzene rings is 2. The standard InChI is InChI=1S/C25H31N5O3/c1-29(17-23-27-21-9-5-4-8-20(21)24(31)28-23)25(32)26-16-22(30-14-6-3-7-15-30)18-10-12-19(33-2)13-11-18/h4-5,8-13,22H,3,6-7,14-17H2,1-2H3,(H,26,32)(H,27,28,31)/t22-/m0/s1. The molecular formula is C25H31N5O3. The van der Waals surface area contributed by atoms with Gasteiger partial charge in [0.1, 0.15) is 11.6 Å². The number of fused-ring (bicyclic) bond motifs is 1. The Bertz CT molecular complexity index is 1140. The molecule has 1 fully saturated rings. The Balaban J connectivity index is 1.43. The number of para-hydroxylation sites is 1. The number of methoxy groups -OCH3 is 1. The van der Waals surface area contributed by atoms with Gasteiger partial charge in [-0.3, -0.25) is 9.69 Å². The van der Waals surface area contributed by atoms with E-state index in [1.54, 1.807) is 32.4 Å². The second-order valence-corrected chi connectivity index (χ2v) is 8.46. The Morgan fingerprint density at radius 3 is 2.61 bits per heavy atom. The van der Waals surface area contributed by atoms with Crippen molar-refractivity contribution in [2.75, 3.05) is 33.8 Å². The molecule has 1 saturated heterocycles. The summed E-state index contributed by atoms with van der Waals surface area (Å²) >= 11 is 0. The largest absolute Gasteiger partial charge is 0.497 e. The molecule has 4 rings (SSSR count). The van der Waals surface area contributed by atoms with E-state index >= 15 is 0 Å². The summed E-state index contributed by atoms with van der Waals surface area (Å²) in [5, 5.41) is 3.61. The number of nitrogens with zero attached hydrogens (tertiary/aromatic N) is 3. The first kappa shape index (κ1) is 22.8. The normalized spacial score (nSPS) is 15.2. The van der Waals surface area contributed by atoms with Crippen molar-refractivity contribution in [3.8, 4) is 5.75 Å². The molecule has 0 radical (unpaired) electrons. The number of nitrogens with one attached hydrogen (secondary N) is 2. The predicted molar refractivity (Wildman–Crippen MR) is 128 cm³/mol. The second kappa shape index (κ2) is 10.5. The monoisotopic (exact) mass is 449 g/mol. The van der Waals surface area contributed by atoms with Gasteiger partial charge in [0.15, 0.2) is 0 Å². The zero-order valence-electron chi connectivity index (χ0n) is 19.2. The fourth-order valence-corrected chi connectivity index (χ4v) is 4.34. The van der Waals surface area contributed by atoms with Crippen LogP contribution in [-0.2, 0) is 6.54 Å². The number of rotatable bonds is 7. The van der Waals surface area contributed by atoms with Gasteiger partial charge >= 0.3 is 6.03 Å². The minimum atomic E-state index is -0.207. The molecule has 0 bridgehead atoms. The van der Waals surface area contributed by atoms with E-state index in [-0.39, 0.29) is 24.2 Å². The summed E-state index contributed by atoms with van der Waals surface area (Å²) in [5.41, 5.74) is 1.57. The first-order chi connectivity index (χ1) is 16.0. The number of aromatic amines is 1. The third-order valence-corrected chi connectivity index (χ3v) is 6.17. The average Bonchev–Trinajstić information content (AvgIpc) is 2.85. The molecule has 1 aliphatic heterocycles. The number of piperidine rings is 1. The lowest BCUT2D eigenvalue weighted by molar-refractivity contribution is 0.155. The van der Waals surface area contributed by atoms with Crippen molar-refractivity contribution in [2.24, 2.45) is 0 Å². The van der Waals surface area contributed by atoms with Crippen LogP contribution in [0, 0.1) is 0 Å². The van der Waals surface area contributed by atoms with Crippen molar-refractivity contribution in [1.29, 1.82) is 0 Å². The molecule has 2 amide bonds. The van der Waals surface area contributed by atoms with Crippen molar-refractivity contribution in [2.45, 2.75) is 31.8 Å². The van der Waals surface area contributed by atoms with Crippen molar-refractivity contribution in [1.82, 2.24) is 25.1 Å². The molecule has 8 heteroatoms. The van der Waals surface area contributed by atoms with Crippen LogP contribution in [0.15, 0.2) is 53.3 Å². The van der Waals surface area contributed by atoms with Gasteiger partial charge in [-0.25, -0.2) is 9.78 Å². The van der Waals surface area contributed by atoms with Gasteiger partial charge in [-0.15, -0.1) is 0 Å². The first-order valence-electron chi connectivity index (χ1n) is 11.4. The maximum Gasteiger partial charge on any atom is 0.317 e. The van der Waals surface area contributed by atoms with Crippen LogP contribution >= 0.6 is 0 Å². The minimum Gasteiger partial charge on any atom is -0.497 e. The highest BCUT2D eigenvalue weighted by atomic mass is 16.5. The number of urea groups is 1. The van der Waals surface area contributed by atoms with E-state index in [0.717, 1.165) is 24.4 Å². The molecular weight excluding hydrogens is 418 g/mol. The molecule has 2 N–H and O–H groups in total. The highest BCUT2D eigenvalue weighted by molar-refractivity contribution is 5.77. The maximum absolute atomic E-state index is 12.9. The highest BCUT2D eigenvalue weighted by Gasteiger charge is 2.23. The van der Waals surface area contributed by atoms with Gasteiger partial charge in [0.05, 0.1) is 30.6 Å². The van der Waals surface area contributed by atoms with Crippen molar-refractivity contribution in [3.63, 3.8) is 0 Å². The Labute approximate surface area is 193 Å². The van der Waals surface area contributed by atoms with Gasteiger partial charge in [0.2, 0.25) is 0 Å². The third kappa shape index (κ3) is 5.51. The summed E-state index contributed by atoms with van der Waals surface area (Å²) in [6.07, 6.45) is 3.58. The minimum absolute atomic E-state index is 0.0900. The average molecular weight is 450 g/mol. The molecule has 2 aromatic carbocycles. The van der Waals surface area contributed by atoms with Crippen LogP contribution in [0.25, 0.3) is 10.9 Å². The van der Waals surface area contributed by atoms with E-state index in [1.807, 2.05) is 18.2 Å². The number of amides is 2. The van der Waals surface area contributed by atoms with E-state index in [9.17, 15) is 9.59 Å². The van der Waals surface area contributed by atoms with Crippen LogP contribution in [0.1, 0.15) is 36.7 Å². The SMILES string of the molecule is COc1ccc([C@H](CNC(=O)N(C)Cc2nc3ccccc3c(=O)[nH]2)N2CCCCC2)cc1. The number of carbonyl (C=O) groups excluding carboxylic acids is 1. The fourth-order valence-electron chi connectivity index (χ4n) is 4.34. The molecule has 2 heterocycles. The smallest absolute Gasteiger partial charge is 0.317 e. The van der Waals surface area contributed by atoms with Gasteiger partial charge in [0.25, 0.3) is 5.56 Å². The molecule has 1 atom stereocenters. The molecule has 0 unspecified atom stereocenters. The second-order valence-electron chi connectivity index (χ2n) is 8.46. The van der Waals surface area contributed by atoms with Gasteiger partial charge in [0, 0.05) is 13.6 Å². The first-order valence-corrected chi connectivity index (χ1v) is 11.4. The molecule has 3 aromatic rings. The summed E-state index contributed by atoms with van der Waals surface area (Å²) in [6.45, 7) is 2.75. The molecule has 0 aliphatic carbocycles. The van der Waals surface area contributed by atoms with Crippen molar-refractivity contribution >= 4 is 16.9 Å². The van der Waals surface area contributed by atoms with E-state index in [2.05, 4.69) is 32.3 Å². The summed E-state index contributed by atoms with van der Waals surface area (Å²) in [5.74, 6) is 1.27. The molecule has 174 valence electrons. The van der Waals surface area contributed by atoms with Gasteiger partial charge < -0.3 is 19.9 Å². The predicted octanol–water partition coefficient (Wildman–Crippen LogP) is 3.30. The maximum atomic E-state index is 12.9. The summed E-state index contributed by atoms with van der Waals surface area (Å²) in [6, 6.07) is 15.1. The molecule has 8 nitrogen and oxygen atoms in total. The zero-order valence-corrected chi connectivity index (χ0v) is 19.2. The van der Waals surface area contributed by atoms with E-state index < -0.39 is 0 Å². The number of carbonyl (C=O) groups is 1. The van der Waals surface area contributed by atoms with E-state index in [0.29, 0.717) is 23.3 Å². The number of aromatic nitrogens is 2. The number of hydrogen-bond donors (Lipinski definition) is 2. The van der Waals surface area contributed by atoms with Crippen LogP contribution in [0.5, 0.6) is 5.75 Å². The summed E-state index contributed by atoms with van der Waals surface area (Å²) in [4.78, 5) is 36.4. The van der Waals surface area contributed by atoms with Crippen LogP contribution in [0.4, 0.5) is 4.79 Å².